The first-order valence-electron chi connectivity index (χ1n) is 13.4. The lowest BCUT2D eigenvalue weighted by Gasteiger charge is -2.38. The summed E-state index contributed by atoms with van der Waals surface area (Å²) < 4.78 is 0. The monoisotopic (exact) mass is 521 g/mol. The minimum atomic E-state index is -1.07. The van der Waals surface area contributed by atoms with Crippen LogP contribution in [0.5, 0.6) is 0 Å². The number of hydrogen-bond donors (Lipinski definition) is 4. The molecule has 3 rings (SSSR count). The number of piperidine rings is 1. The first-order valence-corrected chi connectivity index (χ1v) is 13.4. The second kappa shape index (κ2) is 9.91. The number of amides is 5. The van der Waals surface area contributed by atoms with Crippen molar-refractivity contribution in [1.82, 2.24) is 20.9 Å². The van der Waals surface area contributed by atoms with E-state index in [2.05, 4.69) is 29.8 Å². The lowest BCUT2D eigenvalue weighted by molar-refractivity contribution is -0.145. The van der Waals surface area contributed by atoms with E-state index in [-0.39, 0.29) is 29.1 Å². The number of ketones is 1. The van der Waals surface area contributed by atoms with Gasteiger partial charge in [-0.2, -0.15) is 0 Å². The Kier molecular flexibility index (Phi) is 7.74. The van der Waals surface area contributed by atoms with Crippen LogP contribution in [0.15, 0.2) is 0 Å². The Bertz CT molecular complexity index is 959. The summed E-state index contributed by atoms with van der Waals surface area (Å²) in [6.07, 6.45) is 3.31. The second-order valence-corrected chi connectivity index (χ2v) is 13.9. The average molecular weight is 522 g/mol. The molecule has 10 heteroatoms. The molecule has 0 aromatic heterocycles. The van der Waals surface area contributed by atoms with Gasteiger partial charge in [-0.05, 0) is 55.8 Å². The van der Waals surface area contributed by atoms with Crippen LogP contribution in [0.3, 0.4) is 0 Å². The topological polar surface area (TPSA) is 151 Å². The maximum absolute atomic E-state index is 13.9. The third-order valence-corrected chi connectivity index (χ3v) is 8.31. The molecule has 10 nitrogen and oxygen atoms in total. The van der Waals surface area contributed by atoms with Crippen LogP contribution in [0.25, 0.3) is 0 Å². The van der Waals surface area contributed by atoms with Gasteiger partial charge in [0, 0.05) is 12.1 Å². The van der Waals surface area contributed by atoms with Crippen molar-refractivity contribution in [2.24, 2.45) is 34.3 Å². The summed E-state index contributed by atoms with van der Waals surface area (Å²) in [4.78, 5) is 66.1. The zero-order valence-electron chi connectivity index (χ0n) is 23.6. The van der Waals surface area contributed by atoms with Gasteiger partial charge in [0.25, 0.3) is 5.91 Å². The fourth-order valence-electron chi connectivity index (χ4n) is 5.86. The largest absolute Gasteiger partial charge is 0.363 e. The van der Waals surface area contributed by atoms with E-state index in [9.17, 15) is 24.0 Å². The highest BCUT2D eigenvalue weighted by Crippen LogP contribution is 2.65. The molecule has 208 valence electrons. The molecule has 0 bridgehead atoms. The summed E-state index contributed by atoms with van der Waals surface area (Å²) in [5.41, 5.74) is 4.04. The zero-order chi connectivity index (χ0) is 28.1. The van der Waals surface area contributed by atoms with E-state index in [0.717, 1.165) is 19.3 Å². The molecule has 0 aromatic carbocycles. The number of nitrogens with two attached hydrogens (primary N) is 1. The van der Waals surface area contributed by atoms with Gasteiger partial charge in [-0.1, -0.05) is 53.9 Å². The highest BCUT2D eigenvalue weighted by molar-refractivity contribution is 6.37. The van der Waals surface area contributed by atoms with E-state index in [1.54, 1.807) is 4.90 Å². The van der Waals surface area contributed by atoms with Crippen molar-refractivity contribution >= 4 is 29.5 Å². The van der Waals surface area contributed by atoms with Gasteiger partial charge < -0.3 is 26.6 Å². The molecule has 5 atom stereocenters. The summed E-state index contributed by atoms with van der Waals surface area (Å²) in [5, 5.41) is 8.44. The van der Waals surface area contributed by atoms with Gasteiger partial charge in [0.2, 0.25) is 17.6 Å². The average Bonchev–Trinajstić information content (AvgIpc) is 3.06. The van der Waals surface area contributed by atoms with Gasteiger partial charge >= 0.3 is 6.03 Å². The summed E-state index contributed by atoms with van der Waals surface area (Å²) >= 11 is 0. The van der Waals surface area contributed by atoms with Gasteiger partial charge in [-0.25, -0.2) is 4.79 Å². The molecule has 0 spiro atoms. The molecule has 2 saturated carbocycles. The Morgan fingerprint density at radius 1 is 1.05 bits per heavy atom. The molecular formula is C27H45N5O5. The van der Waals surface area contributed by atoms with Gasteiger partial charge in [-0.15, -0.1) is 0 Å². The summed E-state index contributed by atoms with van der Waals surface area (Å²) in [7, 11) is 0. The van der Waals surface area contributed by atoms with Crippen LogP contribution in [0, 0.1) is 28.6 Å². The normalized spacial score (nSPS) is 26.3. The van der Waals surface area contributed by atoms with Crippen molar-refractivity contribution in [3.63, 3.8) is 0 Å². The van der Waals surface area contributed by atoms with E-state index < -0.39 is 52.7 Å². The number of carbonyl (C=O) groups excluding carboxylic acids is 5. The molecule has 0 radical (unpaired) electrons. The number of likely N-dealkylation sites (tertiary alicyclic amines) is 1. The van der Waals surface area contributed by atoms with Crippen molar-refractivity contribution in [2.45, 2.75) is 105 Å². The van der Waals surface area contributed by atoms with Gasteiger partial charge in [0.1, 0.15) is 12.1 Å². The highest BCUT2D eigenvalue weighted by atomic mass is 16.3. The maximum atomic E-state index is 13.9. The fourth-order valence-corrected chi connectivity index (χ4v) is 5.86. The number of primary amides is 1. The summed E-state index contributed by atoms with van der Waals surface area (Å²) in [6.45, 7) is 15.7. The summed E-state index contributed by atoms with van der Waals surface area (Å²) in [6, 6.07) is -3.13. The number of nitrogens with zero attached hydrogens (tertiary/aromatic N) is 1. The first-order chi connectivity index (χ1) is 16.8. The van der Waals surface area contributed by atoms with E-state index >= 15 is 0 Å². The minimum Gasteiger partial charge on any atom is -0.363 e. The third-order valence-electron chi connectivity index (χ3n) is 8.31. The lowest BCUT2D eigenvalue weighted by Crippen LogP contribution is -2.62. The van der Waals surface area contributed by atoms with Crippen LogP contribution in [0.1, 0.15) is 81.1 Å². The molecule has 5 N–H and O–H groups in total. The van der Waals surface area contributed by atoms with Crippen molar-refractivity contribution in [1.29, 1.82) is 0 Å². The maximum Gasteiger partial charge on any atom is 0.315 e. The van der Waals surface area contributed by atoms with Crippen LogP contribution in [-0.2, 0) is 19.2 Å². The number of urea groups is 1. The van der Waals surface area contributed by atoms with E-state index in [0.29, 0.717) is 13.0 Å². The van der Waals surface area contributed by atoms with Crippen LogP contribution >= 0.6 is 0 Å². The molecule has 3 fully saturated rings. The SMILES string of the molecule is CC(C)(C)NC(=O)N[C@H]([14C](=O)N1C[C@H]2[C@@H]([C@H]1C(=O)NC(CC1CCC1)C(=O)C(N)=O)C2(C)C)C(C)(C)C. The Morgan fingerprint density at radius 2 is 1.65 bits per heavy atom. The Morgan fingerprint density at radius 3 is 2.11 bits per heavy atom. The smallest absolute Gasteiger partial charge is 0.315 e. The number of carbonyl (C=O) groups is 5. The number of hydrogen-bond acceptors (Lipinski definition) is 5. The standard InChI is InChI=1S/C27H45N5O5/c1-25(2,3)20(30-24(37)31-26(4,5)6)23(36)32-13-15-17(27(15,7)8)18(32)22(35)29-16(19(33)21(28)34)12-14-10-9-11-14/h14-18,20H,9-13H2,1-8H3,(H2,28,34)(H,29,35)(H2,30,31,37)/t15-,16?,17-,18-,20+/m0/s1/i23+2. The van der Waals surface area contributed by atoms with Crippen LogP contribution in [-0.4, -0.2) is 64.6 Å². The predicted octanol–water partition coefficient (Wildman–Crippen LogP) is 1.71. The number of fused-ring (bicyclic) bond motifs is 1. The lowest BCUT2D eigenvalue weighted by atomic mass is 9.80. The number of Topliss-reactive ketones (excluding diaryl/α,β-unsaturated/α-hetero) is 1. The Balaban J connectivity index is 1.83. The molecule has 37 heavy (non-hydrogen) atoms. The van der Waals surface area contributed by atoms with Crippen LogP contribution in [0.4, 0.5) is 4.79 Å². The molecular weight excluding hydrogens is 476 g/mol. The number of rotatable bonds is 8. The second-order valence-electron chi connectivity index (χ2n) is 13.9. The van der Waals surface area contributed by atoms with Crippen LogP contribution < -0.4 is 21.7 Å². The van der Waals surface area contributed by atoms with Gasteiger partial charge in [0.05, 0.1) is 6.04 Å². The van der Waals surface area contributed by atoms with Crippen LogP contribution in [0.2, 0.25) is 0 Å². The van der Waals surface area contributed by atoms with Crippen molar-refractivity contribution < 1.29 is 24.0 Å². The quantitative estimate of drug-likeness (QED) is 0.359. The third kappa shape index (κ3) is 6.26. The molecule has 1 heterocycles. The predicted molar refractivity (Wildman–Crippen MR) is 139 cm³/mol. The Labute approximate surface area is 220 Å². The van der Waals surface area contributed by atoms with E-state index in [1.165, 1.54) is 0 Å². The van der Waals surface area contributed by atoms with Gasteiger partial charge in [0.15, 0.2) is 0 Å². The van der Waals surface area contributed by atoms with Crippen molar-refractivity contribution in [3.8, 4) is 0 Å². The molecule has 1 aliphatic heterocycles. The zero-order valence-corrected chi connectivity index (χ0v) is 23.6. The number of nitrogens with one attached hydrogen (secondary N) is 3. The highest BCUT2D eigenvalue weighted by Gasteiger charge is 2.70. The fraction of sp³-hybridized carbons (Fsp3) is 0.815. The Hall–Kier alpha value is -2.65. The molecule has 1 unspecified atom stereocenters. The molecule has 2 aliphatic carbocycles. The molecule has 5 amide bonds. The van der Waals surface area contributed by atoms with E-state index in [1.807, 2.05) is 41.5 Å². The molecule has 1 saturated heterocycles. The van der Waals surface area contributed by atoms with Gasteiger partial charge in [-0.3, -0.25) is 19.2 Å². The van der Waals surface area contributed by atoms with Crippen molar-refractivity contribution in [2.75, 3.05) is 6.54 Å². The van der Waals surface area contributed by atoms with Crippen molar-refractivity contribution in [3.05, 3.63) is 0 Å². The summed E-state index contributed by atoms with van der Waals surface area (Å²) in [5.74, 6) is -2.35. The van der Waals surface area contributed by atoms with E-state index in [4.69, 9.17) is 5.73 Å². The first kappa shape index (κ1) is 28.9. The molecule has 3 aliphatic rings. The molecule has 0 aromatic rings. The minimum absolute atomic E-state index is 0.0755.